The van der Waals surface area contributed by atoms with E-state index in [1.165, 1.54) is 4.88 Å². The fourth-order valence-electron chi connectivity index (χ4n) is 2.93. The summed E-state index contributed by atoms with van der Waals surface area (Å²) in [5.74, 6) is 1.43. The van der Waals surface area contributed by atoms with Crippen molar-refractivity contribution in [2.45, 2.75) is 13.3 Å². The van der Waals surface area contributed by atoms with Gasteiger partial charge in [0.1, 0.15) is 13.2 Å². The van der Waals surface area contributed by atoms with Crippen LogP contribution < -0.4 is 19.5 Å². The minimum absolute atomic E-state index is 0.165. The quantitative estimate of drug-likeness (QED) is 0.659. The molecule has 6 nitrogen and oxygen atoms in total. The van der Waals surface area contributed by atoms with Gasteiger partial charge in [-0.2, -0.15) is 0 Å². The number of nitrogens with one attached hydrogen (secondary N) is 1. The van der Waals surface area contributed by atoms with Gasteiger partial charge in [0, 0.05) is 22.4 Å². The van der Waals surface area contributed by atoms with Gasteiger partial charge in [-0.05, 0) is 37.6 Å². The van der Waals surface area contributed by atoms with Gasteiger partial charge in [-0.25, -0.2) is 4.98 Å². The first-order valence-corrected chi connectivity index (χ1v) is 10.6. The van der Waals surface area contributed by atoms with Crippen molar-refractivity contribution < 1.29 is 19.0 Å². The number of aromatic nitrogens is 1. The first kappa shape index (κ1) is 18.8. The number of carbonyl (C=O) groups excluding carboxylic acids is 1. The SMILES string of the molecule is COc1cc(C(=O)NCCc2ccc(-c3csc(C)n3)s2)cc2c1OCCO2. The Labute approximate surface area is 171 Å². The topological polar surface area (TPSA) is 69.7 Å². The Balaban J connectivity index is 1.38. The summed E-state index contributed by atoms with van der Waals surface area (Å²) in [4.78, 5) is 19.4. The maximum Gasteiger partial charge on any atom is 0.251 e. The Morgan fingerprint density at radius 3 is 2.93 bits per heavy atom. The molecule has 1 aromatic carbocycles. The van der Waals surface area contributed by atoms with E-state index in [1.54, 1.807) is 41.9 Å². The largest absolute Gasteiger partial charge is 0.493 e. The number of benzene rings is 1. The monoisotopic (exact) mass is 416 g/mol. The number of fused-ring (bicyclic) bond motifs is 1. The molecule has 0 saturated carbocycles. The molecule has 0 radical (unpaired) electrons. The molecule has 1 N–H and O–H groups in total. The zero-order valence-corrected chi connectivity index (χ0v) is 17.2. The molecule has 0 fully saturated rings. The highest BCUT2D eigenvalue weighted by Gasteiger charge is 2.20. The third-order valence-electron chi connectivity index (χ3n) is 4.28. The summed E-state index contributed by atoms with van der Waals surface area (Å²) in [6.45, 7) is 3.48. The molecule has 1 amide bonds. The number of hydrogen-bond donors (Lipinski definition) is 1. The van der Waals surface area contributed by atoms with E-state index >= 15 is 0 Å². The average molecular weight is 417 g/mol. The van der Waals surface area contributed by atoms with Crippen molar-refractivity contribution in [3.63, 3.8) is 0 Å². The summed E-state index contributed by atoms with van der Waals surface area (Å²) < 4.78 is 16.5. The normalized spacial score (nSPS) is 12.6. The van der Waals surface area contributed by atoms with Crippen LogP contribution in [0.1, 0.15) is 20.2 Å². The lowest BCUT2D eigenvalue weighted by molar-refractivity contribution is 0.0952. The number of aryl methyl sites for hydroxylation is 1. The molecule has 0 atom stereocenters. The number of thiazole rings is 1. The maximum atomic E-state index is 12.6. The second-order valence-electron chi connectivity index (χ2n) is 6.23. The number of hydrogen-bond acceptors (Lipinski definition) is 7. The van der Waals surface area contributed by atoms with E-state index in [9.17, 15) is 4.79 Å². The van der Waals surface area contributed by atoms with Crippen LogP contribution in [0.4, 0.5) is 0 Å². The van der Waals surface area contributed by atoms with Crippen molar-refractivity contribution in [3.8, 4) is 27.8 Å². The van der Waals surface area contributed by atoms with Gasteiger partial charge in [0.15, 0.2) is 11.5 Å². The summed E-state index contributed by atoms with van der Waals surface area (Å²) >= 11 is 3.36. The van der Waals surface area contributed by atoms with Crippen LogP contribution in [0.2, 0.25) is 0 Å². The van der Waals surface area contributed by atoms with Crippen molar-refractivity contribution in [1.29, 1.82) is 0 Å². The molecular formula is C20H20N2O4S2. The molecule has 0 saturated heterocycles. The molecule has 3 aromatic rings. The van der Waals surface area contributed by atoms with Gasteiger partial charge < -0.3 is 19.5 Å². The van der Waals surface area contributed by atoms with Crippen LogP contribution in [0.5, 0.6) is 17.2 Å². The van der Waals surface area contributed by atoms with Crippen LogP contribution in [-0.4, -0.2) is 37.8 Å². The molecule has 1 aliphatic rings. The third kappa shape index (κ3) is 3.98. The van der Waals surface area contributed by atoms with Crippen LogP contribution >= 0.6 is 22.7 Å². The number of carbonyl (C=O) groups is 1. The van der Waals surface area contributed by atoms with E-state index in [4.69, 9.17) is 14.2 Å². The number of rotatable bonds is 6. The molecule has 8 heteroatoms. The average Bonchev–Trinajstić information content (AvgIpc) is 3.36. The molecule has 146 valence electrons. The predicted octanol–water partition coefficient (Wildman–Crippen LogP) is 3.93. The molecule has 1 aliphatic heterocycles. The Kier molecular flexibility index (Phi) is 5.50. The highest BCUT2D eigenvalue weighted by molar-refractivity contribution is 7.16. The number of methoxy groups -OCH3 is 1. The summed E-state index contributed by atoms with van der Waals surface area (Å²) in [6.07, 6.45) is 0.765. The van der Waals surface area contributed by atoms with Crippen molar-refractivity contribution in [3.05, 3.63) is 45.1 Å². The Hall–Kier alpha value is -2.58. The minimum Gasteiger partial charge on any atom is -0.493 e. The minimum atomic E-state index is -0.165. The van der Waals surface area contributed by atoms with E-state index < -0.39 is 0 Å². The molecule has 3 heterocycles. The summed E-state index contributed by atoms with van der Waals surface area (Å²) in [6, 6.07) is 7.55. The van der Waals surface area contributed by atoms with E-state index in [2.05, 4.69) is 27.8 Å². The number of thiophene rings is 1. The predicted molar refractivity (Wildman–Crippen MR) is 110 cm³/mol. The molecule has 0 bridgehead atoms. The molecule has 28 heavy (non-hydrogen) atoms. The highest BCUT2D eigenvalue weighted by Crippen LogP contribution is 2.40. The van der Waals surface area contributed by atoms with Crippen molar-refractivity contribution >= 4 is 28.6 Å². The zero-order chi connectivity index (χ0) is 19.5. The molecular weight excluding hydrogens is 396 g/mol. The Bertz CT molecular complexity index is 979. The van der Waals surface area contributed by atoms with Crippen molar-refractivity contribution in [2.75, 3.05) is 26.9 Å². The van der Waals surface area contributed by atoms with Crippen LogP contribution in [0.15, 0.2) is 29.6 Å². The van der Waals surface area contributed by atoms with Crippen molar-refractivity contribution in [2.24, 2.45) is 0 Å². The van der Waals surface area contributed by atoms with Gasteiger partial charge in [-0.3, -0.25) is 4.79 Å². The van der Waals surface area contributed by atoms with E-state index in [0.29, 0.717) is 42.6 Å². The first-order valence-electron chi connectivity index (χ1n) is 8.91. The van der Waals surface area contributed by atoms with Crippen LogP contribution in [0.3, 0.4) is 0 Å². The van der Waals surface area contributed by atoms with Gasteiger partial charge in [0.25, 0.3) is 5.91 Å². The van der Waals surface area contributed by atoms with Crippen LogP contribution in [0, 0.1) is 6.92 Å². The summed E-state index contributed by atoms with van der Waals surface area (Å²) in [7, 11) is 1.55. The van der Waals surface area contributed by atoms with Gasteiger partial charge in [0.2, 0.25) is 5.75 Å². The lowest BCUT2D eigenvalue weighted by Crippen LogP contribution is -2.26. The maximum absolute atomic E-state index is 12.6. The second-order valence-corrected chi connectivity index (χ2v) is 8.46. The van der Waals surface area contributed by atoms with Gasteiger partial charge in [-0.15, -0.1) is 22.7 Å². The molecule has 4 rings (SSSR count). The Morgan fingerprint density at radius 1 is 1.29 bits per heavy atom. The molecule has 0 unspecified atom stereocenters. The van der Waals surface area contributed by atoms with E-state index in [-0.39, 0.29) is 5.91 Å². The molecule has 0 spiro atoms. The molecule has 0 aliphatic carbocycles. The second kappa shape index (κ2) is 8.20. The van der Waals surface area contributed by atoms with E-state index in [0.717, 1.165) is 22.0 Å². The van der Waals surface area contributed by atoms with Gasteiger partial charge in [0.05, 0.1) is 22.7 Å². The summed E-state index contributed by atoms with van der Waals surface area (Å²) in [5, 5.41) is 6.09. The fourth-order valence-corrected chi connectivity index (χ4v) is 4.59. The van der Waals surface area contributed by atoms with Crippen LogP contribution in [-0.2, 0) is 6.42 Å². The fraction of sp³-hybridized carbons (Fsp3) is 0.300. The number of ether oxygens (including phenoxy) is 3. The third-order valence-corrected chi connectivity index (χ3v) is 6.22. The van der Waals surface area contributed by atoms with Gasteiger partial charge >= 0.3 is 0 Å². The smallest absolute Gasteiger partial charge is 0.251 e. The van der Waals surface area contributed by atoms with E-state index in [1.807, 2.05) is 6.92 Å². The first-order chi connectivity index (χ1) is 13.6. The zero-order valence-electron chi connectivity index (χ0n) is 15.6. The number of nitrogens with zero attached hydrogens (tertiary/aromatic N) is 1. The Morgan fingerprint density at radius 2 is 2.14 bits per heavy atom. The van der Waals surface area contributed by atoms with Gasteiger partial charge in [-0.1, -0.05) is 0 Å². The lowest BCUT2D eigenvalue weighted by atomic mass is 10.1. The highest BCUT2D eigenvalue weighted by atomic mass is 32.1. The van der Waals surface area contributed by atoms with Crippen LogP contribution in [0.25, 0.3) is 10.6 Å². The lowest BCUT2D eigenvalue weighted by Gasteiger charge is -2.21. The van der Waals surface area contributed by atoms with Crippen molar-refractivity contribution in [1.82, 2.24) is 10.3 Å². The standard InChI is InChI=1S/C20H20N2O4S2/c1-12-22-15(11-27-12)18-4-3-14(28-18)5-6-21-20(23)13-9-16(24-2)19-17(10-13)25-7-8-26-19/h3-4,9-11H,5-8H2,1-2H3,(H,21,23). The molecule has 2 aromatic heterocycles. The summed E-state index contributed by atoms with van der Waals surface area (Å²) in [5.41, 5.74) is 1.51. The number of amides is 1.